The number of nitrogens with zero attached hydrogens (tertiary/aromatic N) is 5. The molecular formula is C32H31F3N6O5S. The highest BCUT2D eigenvalue weighted by Gasteiger charge is 2.31. The van der Waals surface area contributed by atoms with Gasteiger partial charge in [0, 0.05) is 12.2 Å². The smallest absolute Gasteiger partial charge is 0.497 e. The molecule has 0 radical (unpaired) electrons. The maximum absolute atomic E-state index is 12.4. The molecule has 1 N–H and O–H groups in total. The zero-order valence-electron chi connectivity index (χ0n) is 25.7. The van der Waals surface area contributed by atoms with Gasteiger partial charge in [-0.25, -0.2) is 19.5 Å². The van der Waals surface area contributed by atoms with Crippen molar-refractivity contribution in [3.05, 3.63) is 83.7 Å². The van der Waals surface area contributed by atoms with Crippen molar-refractivity contribution in [2.75, 3.05) is 19.7 Å². The molecule has 2 heterocycles. The SMILES string of the molecule is COc1cc(C)c(N=C(N/N=C\c2ccc(-c3ncn(-c4ccc(OC(F)(F)F)cc4)n3)cc2)SCOC(=O)C2CCCO2)c(C)c1. The van der Waals surface area contributed by atoms with Crippen molar-refractivity contribution in [1.82, 2.24) is 20.2 Å². The fourth-order valence-corrected chi connectivity index (χ4v) is 5.16. The van der Waals surface area contributed by atoms with Gasteiger partial charge in [0.15, 0.2) is 17.1 Å². The first-order chi connectivity index (χ1) is 22.6. The van der Waals surface area contributed by atoms with Crippen LogP contribution in [-0.2, 0) is 14.3 Å². The van der Waals surface area contributed by atoms with Crippen molar-refractivity contribution in [3.63, 3.8) is 0 Å². The van der Waals surface area contributed by atoms with Crippen LogP contribution in [0.25, 0.3) is 17.1 Å². The minimum atomic E-state index is -4.76. The molecular weight excluding hydrogens is 637 g/mol. The van der Waals surface area contributed by atoms with Crippen LogP contribution in [0.2, 0.25) is 0 Å². The summed E-state index contributed by atoms with van der Waals surface area (Å²) in [5.74, 6) is 0.449. The number of aromatic nitrogens is 3. The zero-order valence-corrected chi connectivity index (χ0v) is 26.5. The molecule has 47 heavy (non-hydrogen) atoms. The third-order valence-electron chi connectivity index (χ3n) is 6.87. The molecule has 0 aliphatic carbocycles. The molecule has 0 amide bonds. The predicted molar refractivity (Wildman–Crippen MR) is 171 cm³/mol. The number of ether oxygens (including phenoxy) is 4. The zero-order chi connectivity index (χ0) is 33.4. The minimum Gasteiger partial charge on any atom is -0.497 e. The topological polar surface area (TPSA) is 121 Å². The molecule has 0 saturated carbocycles. The molecule has 11 nitrogen and oxygen atoms in total. The Labute approximate surface area is 272 Å². The number of hydrazone groups is 1. The molecule has 15 heteroatoms. The van der Waals surface area contributed by atoms with Crippen LogP contribution in [-0.4, -0.2) is 64.2 Å². The van der Waals surface area contributed by atoms with E-state index < -0.39 is 18.4 Å². The Bertz CT molecular complexity index is 1710. The molecule has 4 aromatic rings. The molecule has 1 fully saturated rings. The van der Waals surface area contributed by atoms with Crippen molar-refractivity contribution in [2.24, 2.45) is 10.1 Å². The number of benzene rings is 3. The monoisotopic (exact) mass is 668 g/mol. The van der Waals surface area contributed by atoms with E-state index in [4.69, 9.17) is 19.2 Å². The van der Waals surface area contributed by atoms with E-state index >= 15 is 0 Å². The molecule has 0 spiro atoms. The number of amidine groups is 1. The largest absolute Gasteiger partial charge is 0.573 e. The van der Waals surface area contributed by atoms with E-state index in [1.54, 1.807) is 13.3 Å². The molecule has 1 atom stereocenters. The van der Waals surface area contributed by atoms with Gasteiger partial charge in [-0.3, -0.25) is 5.43 Å². The maximum atomic E-state index is 12.4. The molecule has 246 valence electrons. The first-order valence-electron chi connectivity index (χ1n) is 14.4. The fourth-order valence-electron chi connectivity index (χ4n) is 4.60. The van der Waals surface area contributed by atoms with E-state index in [0.717, 1.165) is 40.1 Å². The second kappa shape index (κ2) is 15.1. The van der Waals surface area contributed by atoms with Crippen LogP contribution in [0.1, 0.15) is 29.5 Å². The Morgan fingerprint density at radius 1 is 1.11 bits per heavy atom. The molecule has 1 saturated heterocycles. The van der Waals surface area contributed by atoms with Crippen molar-refractivity contribution >= 4 is 34.8 Å². The summed E-state index contributed by atoms with van der Waals surface area (Å²) in [6, 6.07) is 16.4. The fraction of sp³-hybridized carbons (Fsp3) is 0.281. The summed E-state index contributed by atoms with van der Waals surface area (Å²) in [5, 5.41) is 9.20. The summed E-state index contributed by atoms with van der Waals surface area (Å²) in [7, 11) is 1.61. The quantitative estimate of drug-likeness (QED) is 0.0665. The number of halogens is 3. The number of methoxy groups -OCH3 is 1. The van der Waals surface area contributed by atoms with E-state index in [0.29, 0.717) is 29.7 Å². The number of aryl methyl sites for hydroxylation is 2. The van der Waals surface area contributed by atoms with Crippen LogP contribution >= 0.6 is 11.8 Å². The summed E-state index contributed by atoms with van der Waals surface area (Å²) in [6.07, 6.45) is -0.742. The lowest BCUT2D eigenvalue weighted by molar-refractivity contribution is -0.274. The number of hydrogen-bond donors (Lipinski definition) is 1. The Kier molecular flexibility index (Phi) is 10.8. The summed E-state index contributed by atoms with van der Waals surface area (Å²) in [6.45, 7) is 4.41. The number of nitrogens with one attached hydrogen (secondary N) is 1. The van der Waals surface area contributed by atoms with E-state index in [2.05, 4.69) is 25.3 Å². The lowest BCUT2D eigenvalue weighted by atomic mass is 10.1. The van der Waals surface area contributed by atoms with Gasteiger partial charge < -0.3 is 18.9 Å². The normalized spacial score (nSPS) is 15.2. The Hall–Kier alpha value is -4.89. The van der Waals surface area contributed by atoms with Crippen LogP contribution < -0.4 is 14.9 Å². The molecule has 1 aromatic heterocycles. The maximum Gasteiger partial charge on any atom is 0.573 e. The van der Waals surface area contributed by atoms with Gasteiger partial charge in [-0.1, -0.05) is 24.3 Å². The van der Waals surface area contributed by atoms with Gasteiger partial charge in [0.2, 0.25) is 0 Å². The molecule has 1 unspecified atom stereocenters. The highest BCUT2D eigenvalue weighted by atomic mass is 32.2. The number of rotatable bonds is 10. The summed E-state index contributed by atoms with van der Waals surface area (Å²) in [4.78, 5) is 21.4. The van der Waals surface area contributed by atoms with Crippen LogP contribution in [0, 0.1) is 13.8 Å². The first-order valence-corrected chi connectivity index (χ1v) is 15.4. The number of alkyl halides is 3. The van der Waals surface area contributed by atoms with Crippen LogP contribution in [0.15, 0.2) is 77.1 Å². The second-order valence-corrected chi connectivity index (χ2v) is 11.2. The lowest BCUT2D eigenvalue weighted by Crippen LogP contribution is -2.23. The van der Waals surface area contributed by atoms with Crippen molar-refractivity contribution < 1.29 is 36.9 Å². The average molecular weight is 669 g/mol. The number of thioether (sulfide) groups is 1. The number of carbonyl (C=O) groups excluding carboxylic acids is 1. The lowest BCUT2D eigenvalue weighted by Gasteiger charge is -2.12. The second-order valence-electron chi connectivity index (χ2n) is 10.3. The summed E-state index contributed by atoms with van der Waals surface area (Å²) in [5.41, 5.74) is 7.52. The van der Waals surface area contributed by atoms with Gasteiger partial charge in [-0.15, -0.1) is 18.3 Å². The van der Waals surface area contributed by atoms with E-state index in [1.165, 1.54) is 47.0 Å². The predicted octanol–water partition coefficient (Wildman–Crippen LogP) is 6.48. The van der Waals surface area contributed by atoms with Gasteiger partial charge in [-0.05, 0) is 91.5 Å². The van der Waals surface area contributed by atoms with Crippen molar-refractivity contribution in [3.8, 4) is 28.6 Å². The van der Waals surface area contributed by atoms with Gasteiger partial charge in [0.05, 0.1) is 24.7 Å². The van der Waals surface area contributed by atoms with E-state index in [9.17, 15) is 18.0 Å². The van der Waals surface area contributed by atoms with Gasteiger partial charge in [-0.2, -0.15) is 5.10 Å². The number of hydrogen-bond acceptors (Lipinski definition) is 10. The molecule has 3 aromatic carbocycles. The molecule has 1 aliphatic rings. The standard InChI is InChI=1S/C32H31F3N6O5S/c1-20-15-26(43-3)16-21(2)28(20)38-31(47-19-45-30(42)27-5-4-14-44-27)39-37-17-22-6-8-23(9-7-22)29-36-18-41(40-29)24-10-12-25(13-11-24)46-32(33,34)35/h6-13,15-18,27H,4-5,14,19H2,1-3H3,(H,38,39)/b37-17-. The molecule has 5 rings (SSSR count). The molecule has 0 bridgehead atoms. The van der Waals surface area contributed by atoms with Gasteiger partial charge in [0.1, 0.15) is 23.8 Å². The van der Waals surface area contributed by atoms with Gasteiger partial charge in [0.25, 0.3) is 0 Å². The Balaban J connectivity index is 1.24. The van der Waals surface area contributed by atoms with E-state index in [1.807, 2.05) is 50.2 Å². The third kappa shape index (κ3) is 9.33. The number of esters is 1. The summed E-state index contributed by atoms with van der Waals surface area (Å²) < 4.78 is 58.9. The van der Waals surface area contributed by atoms with Gasteiger partial charge >= 0.3 is 12.3 Å². The third-order valence-corrected chi connectivity index (χ3v) is 7.56. The van der Waals surface area contributed by atoms with Crippen LogP contribution in [0.4, 0.5) is 18.9 Å². The minimum absolute atomic E-state index is 0.0219. The highest BCUT2D eigenvalue weighted by Crippen LogP contribution is 2.30. The van der Waals surface area contributed by atoms with Crippen molar-refractivity contribution in [2.45, 2.75) is 39.2 Å². The van der Waals surface area contributed by atoms with Crippen LogP contribution in [0.3, 0.4) is 0 Å². The Morgan fingerprint density at radius 3 is 2.47 bits per heavy atom. The number of aliphatic imine (C=N–C) groups is 1. The van der Waals surface area contributed by atoms with E-state index in [-0.39, 0.29) is 11.7 Å². The van der Waals surface area contributed by atoms with Crippen LogP contribution in [0.5, 0.6) is 11.5 Å². The Morgan fingerprint density at radius 2 is 1.83 bits per heavy atom. The molecule has 1 aliphatic heterocycles. The first kappa shape index (κ1) is 33.5. The average Bonchev–Trinajstić information content (AvgIpc) is 3.76. The number of carbonyl (C=O) groups is 1. The summed E-state index contributed by atoms with van der Waals surface area (Å²) >= 11 is 1.19. The van der Waals surface area contributed by atoms with Crippen molar-refractivity contribution in [1.29, 1.82) is 0 Å². The highest BCUT2D eigenvalue weighted by molar-refractivity contribution is 8.13.